The second-order valence-electron chi connectivity index (χ2n) is 6.47. The van der Waals surface area contributed by atoms with E-state index in [2.05, 4.69) is 46.3 Å². The van der Waals surface area contributed by atoms with Gasteiger partial charge in [-0.3, -0.25) is 9.69 Å². The van der Waals surface area contributed by atoms with Crippen molar-refractivity contribution in [3.05, 3.63) is 59.9 Å². The van der Waals surface area contributed by atoms with E-state index >= 15 is 0 Å². The molecule has 132 valence electrons. The fourth-order valence-electron chi connectivity index (χ4n) is 3.07. The number of hydrogen-bond acceptors (Lipinski definition) is 3. The molecule has 0 spiro atoms. The van der Waals surface area contributed by atoms with Gasteiger partial charge in [0.2, 0.25) is 5.91 Å². The van der Waals surface area contributed by atoms with Crippen molar-refractivity contribution < 1.29 is 9.18 Å². The van der Waals surface area contributed by atoms with Crippen LogP contribution < -0.4 is 10.2 Å². The molecule has 1 aliphatic heterocycles. The molecule has 1 fully saturated rings. The average molecular weight is 341 g/mol. The maximum absolute atomic E-state index is 12.9. The highest BCUT2D eigenvalue weighted by Crippen LogP contribution is 2.18. The van der Waals surface area contributed by atoms with Gasteiger partial charge in [0, 0.05) is 50.5 Å². The monoisotopic (exact) mass is 341 g/mol. The van der Waals surface area contributed by atoms with E-state index in [9.17, 15) is 9.18 Å². The topological polar surface area (TPSA) is 35.6 Å². The molecule has 1 aliphatic rings. The molecule has 25 heavy (non-hydrogen) atoms. The Morgan fingerprint density at radius 3 is 2.48 bits per heavy atom. The lowest BCUT2D eigenvalue weighted by Gasteiger charge is -2.36. The summed E-state index contributed by atoms with van der Waals surface area (Å²) in [6, 6.07) is 14.4. The molecule has 3 rings (SSSR count). The van der Waals surface area contributed by atoms with Gasteiger partial charge >= 0.3 is 0 Å². The van der Waals surface area contributed by atoms with Gasteiger partial charge in [0.1, 0.15) is 5.82 Å². The molecule has 2 aromatic rings. The van der Waals surface area contributed by atoms with Crippen molar-refractivity contribution in [2.75, 3.05) is 42.9 Å². The molecule has 0 unspecified atom stereocenters. The molecule has 2 aromatic carbocycles. The van der Waals surface area contributed by atoms with Gasteiger partial charge in [-0.05, 0) is 48.9 Å². The molecule has 0 atom stereocenters. The summed E-state index contributed by atoms with van der Waals surface area (Å²) in [6.07, 6.45) is 0.446. The van der Waals surface area contributed by atoms with Gasteiger partial charge in [-0.25, -0.2) is 4.39 Å². The van der Waals surface area contributed by atoms with Crippen LogP contribution in [0.1, 0.15) is 12.0 Å². The van der Waals surface area contributed by atoms with Crippen LogP contribution in [0.3, 0.4) is 0 Å². The van der Waals surface area contributed by atoms with Crippen molar-refractivity contribution in [2.45, 2.75) is 13.3 Å². The average Bonchev–Trinajstić information content (AvgIpc) is 2.62. The molecule has 1 N–H and O–H groups in total. The van der Waals surface area contributed by atoms with Crippen molar-refractivity contribution in [1.29, 1.82) is 0 Å². The van der Waals surface area contributed by atoms with Gasteiger partial charge in [-0.2, -0.15) is 0 Å². The predicted octanol–water partition coefficient (Wildman–Crippen LogP) is 3.28. The Morgan fingerprint density at radius 2 is 1.80 bits per heavy atom. The maximum atomic E-state index is 12.9. The first-order valence-electron chi connectivity index (χ1n) is 8.69. The van der Waals surface area contributed by atoms with Crippen LogP contribution in [0.2, 0.25) is 0 Å². The van der Waals surface area contributed by atoms with Crippen molar-refractivity contribution in [1.82, 2.24) is 4.90 Å². The predicted molar refractivity (Wildman–Crippen MR) is 99.5 cm³/mol. The lowest BCUT2D eigenvalue weighted by Crippen LogP contribution is -2.47. The first-order chi connectivity index (χ1) is 12.1. The number of nitrogens with zero attached hydrogens (tertiary/aromatic N) is 2. The SMILES string of the molecule is Cc1cccc(N2CCN(CCC(=O)Nc3ccc(F)cc3)CC2)c1. The molecule has 1 saturated heterocycles. The third kappa shape index (κ3) is 5.03. The van der Waals surface area contributed by atoms with Gasteiger partial charge in [-0.15, -0.1) is 0 Å². The molecular formula is C20H24FN3O. The second-order valence-corrected chi connectivity index (χ2v) is 6.47. The van der Waals surface area contributed by atoms with E-state index in [4.69, 9.17) is 0 Å². The van der Waals surface area contributed by atoms with E-state index in [1.54, 1.807) is 12.1 Å². The number of nitrogens with one attached hydrogen (secondary N) is 1. The van der Waals surface area contributed by atoms with E-state index in [0.29, 0.717) is 12.1 Å². The van der Waals surface area contributed by atoms with Crippen LogP contribution in [-0.2, 0) is 4.79 Å². The molecule has 5 heteroatoms. The van der Waals surface area contributed by atoms with Gasteiger partial charge < -0.3 is 10.2 Å². The second kappa shape index (κ2) is 8.12. The number of rotatable bonds is 5. The number of piperazine rings is 1. The number of anilines is 2. The Hall–Kier alpha value is -2.40. The summed E-state index contributed by atoms with van der Waals surface area (Å²) in [5.74, 6) is -0.336. The molecule has 0 bridgehead atoms. The summed E-state index contributed by atoms with van der Waals surface area (Å²) in [4.78, 5) is 16.7. The highest BCUT2D eigenvalue weighted by atomic mass is 19.1. The number of carbonyl (C=O) groups is 1. The Labute approximate surface area is 148 Å². The van der Waals surface area contributed by atoms with E-state index < -0.39 is 0 Å². The van der Waals surface area contributed by atoms with Gasteiger partial charge in [-0.1, -0.05) is 12.1 Å². The normalized spacial score (nSPS) is 15.2. The summed E-state index contributed by atoms with van der Waals surface area (Å²) in [5.41, 5.74) is 3.18. The zero-order valence-corrected chi connectivity index (χ0v) is 14.5. The molecule has 0 aliphatic carbocycles. The van der Waals surface area contributed by atoms with Crippen LogP contribution in [0.5, 0.6) is 0 Å². The highest BCUT2D eigenvalue weighted by molar-refractivity contribution is 5.90. The molecule has 1 amide bonds. The van der Waals surface area contributed by atoms with E-state index in [-0.39, 0.29) is 11.7 Å². The summed E-state index contributed by atoms with van der Waals surface area (Å²) < 4.78 is 12.9. The fraction of sp³-hybridized carbons (Fsp3) is 0.350. The Kier molecular flexibility index (Phi) is 5.66. The number of amides is 1. The third-order valence-electron chi connectivity index (χ3n) is 4.52. The summed E-state index contributed by atoms with van der Waals surface area (Å²) >= 11 is 0. The number of carbonyl (C=O) groups excluding carboxylic acids is 1. The molecule has 0 saturated carbocycles. The van der Waals surface area contributed by atoms with Crippen LogP contribution >= 0.6 is 0 Å². The van der Waals surface area contributed by atoms with Crippen LogP contribution in [0.4, 0.5) is 15.8 Å². The Balaban J connectivity index is 1.41. The molecule has 1 heterocycles. The molecule has 0 radical (unpaired) electrons. The summed E-state index contributed by atoms with van der Waals surface area (Å²) in [5, 5.41) is 2.81. The standard InChI is InChI=1S/C20H24FN3O/c1-16-3-2-4-19(15-16)24-13-11-23(12-14-24)10-9-20(25)22-18-7-5-17(21)6-8-18/h2-8,15H,9-14H2,1H3,(H,22,25). The Bertz CT molecular complexity index is 709. The quantitative estimate of drug-likeness (QED) is 0.906. The van der Waals surface area contributed by atoms with Crippen molar-refractivity contribution >= 4 is 17.3 Å². The van der Waals surface area contributed by atoms with Crippen LogP contribution in [0.15, 0.2) is 48.5 Å². The van der Waals surface area contributed by atoms with Crippen molar-refractivity contribution in [3.63, 3.8) is 0 Å². The fourth-order valence-corrected chi connectivity index (χ4v) is 3.07. The minimum absolute atomic E-state index is 0.0345. The lowest BCUT2D eigenvalue weighted by atomic mass is 10.2. The van der Waals surface area contributed by atoms with Crippen LogP contribution in [0.25, 0.3) is 0 Å². The minimum Gasteiger partial charge on any atom is -0.369 e. The van der Waals surface area contributed by atoms with E-state index in [0.717, 1.165) is 32.7 Å². The Morgan fingerprint density at radius 1 is 1.08 bits per heavy atom. The smallest absolute Gasteiger partial charge is 0.225 e. The molecule has 4 nitrogen and oxygen atoms in total. The van der Waals surface area contributed by atoms with Crippen LogP contribution in [-0.4, -0.2) is 43.5 Å². The molecule has 0 aromatic heterocycles. The first-order valence-corrected chi connectivity index (χ1v) is 8.69. The van der Waals surface area contributed by atoms with E-state index in [1.165, 1.54) is 23.4 Å². The largest absolute Gasteiger partial charge is 0.369 e. The zero-order chi connectivity index (χ0) is 17.6. The number of halogens is 1. The van der Waals surface area contributed by atoms with Gasteiger partial charge in [0.05, 0.1) is 0 Å². The third-order valence-corrected chi connectivity index (χ3v) is 4.52. The lowest BCUT2D eigenvalue weighted by molar-refractivity contribution is -0.116. The van der Waals surface area contributed by atoms with Gasteiger partial charge in [0.25, 0.3) is 0 Å². The van der Waals surface area contributed by atoms with E-state index in [1.807, 2.05) is 0 Å². The number of benzene rings is 2. The molecular weight excluding hydrogens is 317 g/mol. The maximum Gasteiger partial charge on any atom is 0.225 e. The minimum atomic E-state index is -0.301. The summed E-state index contributed by atoms with van der Waals surface area (Å²) in [6.45, 7) is 6.72. The van der Waals surface area contributed by atoms with Crippen LogP contribution in [0, 0.1) is 12.7 Å². The summed E-state index contributed by atoms with van der Waals surface area (Å²) in [7, 11) is 0. The number of aryl methyl sites for hydroxylation is 1. The zero-order valence-electron chi connectivity index (χ0n) is 14.5. The first kappa shape index (κ1) is 17.4. The van der Waals surface area contributed by atoms with Crippen molar-refractivity contribution in [2.24, 2.45) is 0 Å². The van der Waals surface area contributed by atoms with Gasteiger partial charge in [0.15, 0.2) is 0 Å². The number of hydrogen-bond donors (Lipinski definition) is 1. The highest BCUT2D eigenvalue weighted by Gasteiger charge is 2.17. The van der Waals surface area contributed by atoms with Crippen molar-refractivity contribution in [3.8, 4) is 0 Å².